The van der Waals surface area contributed by atoms with Gasteiger partial charge in [-0.2, -0.15) is 5.10 Å². The predicted molar refractivity (Wildman–Crippen MR) is 81.6 cm³/mol. The van der Waals surface area contributed by atoms with Crippen LogP contribution in [0.5, 0.6) is 0 Å². The monoisotopic (exact) mass is 291 g/mol. The van der Waals surface area contributed by atoms with Gasteiger partial charge in [-0.25, -0.2) is 5.43 Å². The summed E-state index contributed by atoms with van der Waals surface area (Å²) in [5.74, 6) is 1.20. The topological polar surface area (TPSA) is 57.8 Å². The Labute approximate surface area is 121 Å². The minimum absolute atomic E-state index is 0.216. The van der Waals surface area contributed by atoms with Gasteiger partial charge in [0.1, 0.15) is 5.76 Å². The second-order valence-corrected chi connectivity index (χ2v) is 4.97. The maximum Gasteiger partial charge on any atom is 0.281 e. The number of carbonyl (C=O) groups is 1. The molecule has 0 aliphatic heterocycles. The molecular formula is C14H17N3O2S. The Balaban J connectivity index is 1.93. The fourth-order valence-corrected chi connectivity index (χ4v) is 2.35. The highest BCUT2D eigenvalue weighted by Gasteiger charge is 2.07. The van der Waals surface area contributed by atoms with E-state index in [0.29, 0.717) is 10.6 Å². The number of nitrogens with one attached hydrogen (secondary N) is 1. The summed E-state index contributed by atoms with van der Waals surface area (Å²) in [5, 5.41) is 5.74. The van der Waals surface area contributed by atoms with Crippen LogP contribution < -0.4 is 10.3 Å². The molecule has 0 unspecified atom stereocenters. The highest BCUT2D eigenvalue weighted by Crippen LogP contribution is 2.16. The summed E-state index contributed by atoms with van der Waals surface area (Å²) in [5.41, 5.74) is 2.47. The number of anilines is 1. The van der Waals surface area contributed by atoms with Crippen LogP contribution in [0.25, 0.3) is 0 Å². The lowest BCUT2D eigenvalue weighted by Crippen LogP contribution is -2.20. The number of hydrogen-bond acceptors (Lipinski definition) is 5. The van der Waals surface area contributed by atoms with Crippen molar-refractivity contribution in [2.45, 2.75) is 13.8 Å². The maximum absolute atomic E-state index is 11.6. The lowest BCUT2D eigenvalue weighted by Gasteiger charge is -2.16. The molecule has 0 saturated carbocycles. The minimum atomic E-state index is -0.216. The van der Waals surface area contributed by atoms with Crippen molar-refractivity contribution in [3.05, 3.63) is 40.3 Å². The van der Waals surface area contributed by atoms with E-state index in [0.717, 1.165) is 19.0 Å². The van der Waals surface area contributed by atoms with Crippen LogP contribution in [-0.2, 0) is 0 Å². The summed E-state index contributed by atoms with van der Waals surface area (Å²) < 4.78 is 5.63. The fraction of sp³-hybridized carbons (Fsp3) is 0.286. The molecule has 0 radical (unpaired) electrons. The molecule has 0 aliphatic rings. The van der Waals surface area contributed by atoms with E-state index in [-0.39, 0.29) is 5.91 Å². The second-order valence-electron chi connectivity index (χ2n) is 4.02. The van der Waals surface area contributed by atoms with E-state index in [1.807, 2.05) is 23.6 Å². The molecular weight excluding hydrogens is 274 g/mol. The standard InChI is InChI=1S/C14H17N3O2S/c1-3-17(4-2)13-8-7-11(19-13)10-15-16-14(18)12-6-5-9-20-12/h5-10H,3-4H2,1-2H3,(H,16,18). The number of thiophene rings is 1. The Kier molecular flexibility index (Phi) is 4.95. The smallest absolute Gasteiger partial charge is 0.281 e. The normalized spacial score (nSPS) is 10.9. The molecule has 0 fully saturated rings. The molecule has 0 atom stereocenters. The third-order valence-corrected chi connectivity index (χ3v) is 3.66. The second kappa shape index (κ2) is 6.91. The molecule has 6 heteroatoms. The zero-order chi connectivity index (χ0) is 14.4. The van der Waals surface area contributed by atoms with Gasteiger partial charge >= 0.3 is 0 Å². The highest BCUT2D eigenvalue weighted by molar-refractivity contribution is 7.12. The lowest BCUT2D eigenvalue weighted by atomic mass is 10.4. The molecule has 2 aromatic rings. The van der Waals surface area contributed by atoms with Crippen molar-refractivity contribution < 1.29 is 9.21 Å². The van der Waals surface area contributed by atoms with Crippen molar-refractivity contribution in [1.82, 2.24) is 5.43 Å². The van der Waals surface area contributed by atoms with Crippen molar-refractivity contribution in [2.75, 3.05) is 18.0 Å². The van der Waals surface area contributed by atoms with Gasteiger partial charge in [0.25, 0.3) is 5.91 Å². The third-order valence-electron chi connectivity index (χ3n) is 2.79. The first-order chi connectivity index (χ1) is 9.74. The Bertz CT molecular complexity index is 571. The van der Waals surface area contributed by atoms with E-state index < -0.39 is 0 Å². The first kappa shape index (κ1) is 14.3. The van der Waals surface area contributed by atoms with Crippen molar-refractivity contribution in [3.63, 3.8) is 0 Å². The number of rotatable bonds is 6. The molecule has 0 bridgehead atoms. The van der Waals surface area contributed by atoms with Gasteiger partial charge in [0.15, 0.2) is 5.88 Å². The Morgan fingerprint density at radius 3 is 2.85 bits per heavy atom. The summed E-state index contributed by atoms with van der Waals surface area (Å²) in [6.07, 6.45) is 1.50. The molecule has 0 aromatic carbocycles. The minimum Gasteiger partial charge on any atom is -0.440 e. The summed E-state index contributed by atoms with van der Waals surface area (Å²) in [4.78, 5) is 14.4. The number of nitrogens with zero attached hydrogens (tertiary/aromatic N) is 2. The summed E-state index contributed by atoms with van der Waals surface area (Å²) in [6, 6.07) is 7.30. The van der Waals surface area contributed by atoms with Gasteiger partial charge in [0, 0.05) is 19.2 Å². The van der Waals surface area contributed by atoms with Gasteiger partial charge in [-0.1, -0.05) is 6.07 Å². The van der Waals surface area contributed by atoms with Gasteiger partial charge in [-0.3, -0.25) is 4.79 Å². The average Bonchev–Trinajstić information content (AvgIpc) is 3.11. The molecule has 2 heterocycles. The van der Waals surface area contributed by atoms with E-state index in [4.69, 9.17) is 4.42 Å². The zero-order valence-electron chi connectivity index (χ0n) is 11.5. The number of furan rings is 1. The van der Waals surface area contributed by atoms with Crippen LogP contribution in [-0.4, -0.2) is 25.2 Å². The van der Waals surface area contributed by atoms with Crippen LogP contribution >= 0.6 is 11.3 Å². The maximum atomic E-state index is 11.6. The summed E-state index contributed by atoms with van der Waals surface area (Å²) in [6.45, 7) is 5.91. The first-order valence-electron chi connectivity index (χ1n) is 6.46. The van der Waals surface area contributed by atoms with Gasteiger partial charge in [-0.15, -0.1) is 11.3 Å². The van der Waals surface area contributed by atoms with E-state index in [1.54, 1.807) is 6.07 Å². The summed E-state index contributed by atoms with van der Waals surface area (Å²) >= 11 is 1.38. The lowest BCUT2D eigenvalue weighted by molar-refractivity contribution is 0.0959. The van der Waals surface area contributed by atoms with Crippen LogP contribution in [0.4, 0.5) is 5.88 Å². The SMILES string of the molecule is CCN(CC)c1ccc(C=NNC(=O)c2cccs2)o1. The first-order valence-corrected chi connectivity index (χ1v) is 7.34. The van der Waals surface area contributed by atoms with Gasteiger partial charge in [-0.05, 0) is 31.4 Å². The van der Waals surface area contributed by atoms with Crippen LogP contribution in [0.15, 0.2) is 39.2 Å². The fourth-order valence-electron chi connectivity index (χ4n) is 1.73. The molecule has 0 spiro atoms. The van der Waals surface area contributed by atoms with E-state index in [1.165, 1.54) is 17.6 Å². The number of hydrazone groups is 1. The number of carbonyl (C=O) groups excluding carboxylic acids is 1. The van der Waals surface area contributed by atoms with E-state index in [9.17, 15) is 4.79 Å². The zero-order valence-corrected chi connectivity index (χ0v) is 12.3. The van der Waals surface area contributed by atoms with Gasteiger partial charge in [0.2, 0.25) is 0 Å². The number of hydrogen-bond donors (Lipinski definition) is 1. The molecule has 20 heavy (non-hydrogen) atoms. The van der Waals surface area contributed by atoms with Crippen molar-refractivity contribution in [2.24, 2.45) is 5.10 Å². The van der Waals surface area contributed by atoms with Crippen molar-refractivity contribution in [1.29, 1.82) is 0 Å². The highest BCUT2D eigenvalue weighted by atomic mass is 32.1. The Morgan fingerprint density at radius 2 is 2.20 bits per heavy atom. The molecule has 2 rings (SSSR count). The van der Waals surface area contributed by atoms with Gasteiger partial charge < -0.3 is 9.32 Å². The summed E-state index contributed by atoms with van der Waals surface area (Å²) in [7, 11) is 0. The molecule has 0 saturated heterocycles. The van der Waals surface area contributed by atoms with Crippen molar-refractivity contribution in [3.8, 4) is 0 Å². The Hall–Kier alpha value is -2.08. The van der Waals surface area contributed by atoms with Crippen molar-refractivity contribution >= 4 is 29.3 Å². The molecule has 2 aromatic heterocycles. The molecule has 0 aliphatic carbocycles. The largest absolute Gasteiger partial charge is 0.440 e. The van der Waals surface area contributed by atoms with E-state index in [2.05, 4.69) is 29.3 Å². The predicted octanol–water partition coefficient (Wildman–Crippen LogP) is 2.95. The molecule has 5 nitrogen and oxygen atoms in total. The molecule has 1 amide bonds. The molecule has 1 N–H and O–H groups in total. The average molecular weight is 291 g/mol. The molecule has 106 valence electrons. The van der Waals surface area contributed by atoms with Crippen LogP contribution in [0.3, 0.4) is 0 Å². The van der Waals surface area contributed by atoms with Crippen LogP contribution in [0.1, 0.15) is 29.3 Å². The van der Waals surface area contributed by atoms with Gasteiger partial charge in [0.05, 0.1) is 11.1 Å². The van der Waals surface area contributed by atoms with Crippen LogP contribution in [0, 0.1) is 0 Å². The van der Waals surface area contributed by atoms with E-state index >= 15 is 0 Å². The Morgan fingerprint density at radius 1 is 1.40 bits per heavy atom. The quantitative estimate of drug-likeness (QED) is 0.657. The number of amides is 1. The van der Waals surface area contributed by atoms with Crippen LogP contribution in [0.2, 0.25) is 0 Å². The third kappa shape index (κ3) is 3.48.